The predicted molar refractivity (Wildman–Crippen MR) is 61.7 cm³/mol. The summed E-state index contributed by atoms with van der Waals surface area (Å²) in [6.07, 6.45) is 0. The van der Waals surface area contributed by atoms with Crippen molar-refractivity contribution in [3.8, 4) is 0 Å². The Morgan fingerprint density at radius 3 is 2.79 bits per heavy atom. The average Bonchev–Trinajstić information content (AvgIpc) is 2.47. The van der Waals surface area contributed by atoms with Crippen LogP contribution in [0.5, 0.6) is 0 Å². The SMILES string of the molecule is CC(C)c1csc2[nH]c(=S)[nH]c(=O)c12. The minimum atomic E-state index is -0.0892. The summed E-state index contributed by atoms with van der Waals surface area (Å²) >= 11 is 6.43. The minimum Gasteiger partial charge on any atom is -0.323 e. The van der Waals surface area contributed by atoms with E-state index in [2.05, 4.69) is 23.8 Å². The molecule has 0 atom stereocenters. The Bertz CT molecular complexity index is 576. The number of aromatic amines is 2. The van der Waals surface area contributed by atoms with Crippen molar-refractivity contribution in [3.63, 3.8) is 0 Å². The fourth-order valence-corrected chi connectivity index (χ4v) is 2.81. The summed E-state index contributed by atoms with van der Waals surface area (Å²) in [5.74, 6) is 0.356. The lowest BCUT2D eigenvalue weighted by Gasteiger charge is -2.00. The molecule has 0 spiro atoms. The standard InChI is InChI=1S/C9H10N2OS2/c1-4(2)5-3-14-8-6(5)7(12)10-9(13)11-8/h3-4H,1-2H3,(H2,10,11,12,13). The van der Waals surface area contributed by atoms with Gasteiger partial charge in [0, 0.05) is 0 Å². The number of fused-ring (bicyclic) bond motifs is 1. The first kappa shape index (κ1) is 9.61. The van der Waals surface area contributed by atoms with E-state index in [0.717, 1.165) is 15.8 Å². The molecule has 0 saturated carbocycles. The molecule has 74 valence electrons. The van der Waals surface area contributed by atoms with Crippen molar-refractivity contribution >= 4 is 33.8 Å². The van der Waals surface area contributed by atoms with Crippen LogP contribution in [0.4, 0.5) is 0 Å². The average molecular weight is 226 g/mol. The largest absolute Gasteiger partial charge is 0.323 e. The quantitative estimate of drug-likeness (QED) is 0.735. The molecule has 0 amide bonds. The van der Waals surface area contributed by atoms with Crippen LogP contribution in [0.15, 0.2) is 10.2 Å². The zero-order chi connectivity index (χ0) is 10.3. The van der Waals surface area contributed by atoms with E-state index < -0.39 is 0 Å². The smallest absolute Gasteiger partial charge is 0.260 e. The maximum atomic E-state index is 11.7. The molecule has 0 aliphatic carbocycles. The molecule has 0 fully saturated rings. The Morgan fingerprint density at radius 1 is 1.43 bits per heavy atom. The van der Waals surface area contributed by atoms with Gasteiger partial charge in [-0.3, -0.25) is 9.78 Å². The lowest BCUT2D eigenvalue weighted by atomic mass is 10.0. The van der Waals surface area contributed by atoms with Gasteiger partial charge in [-0.1, -0.05) is 13.8 Å². The van der Waals surface area contributed by atoms with Crippen molar-refractivity contribution in [1.29, 1.82) is 0 Å². The van der Waals surface area contributed by atoms with E-state index in [1.54, 1.807) is 0 Å². The molecule has 0 bridgehead atoms. The van der Waals surface area contributed by atoms with Gasteiger partial charge in [-0.2, -0.15) is 0 Å². The molecule has 2 aromatic heterocycles. The number of rotatable bonds is 1. The molecule has 2 aromatic rings. The van der Waals surface area contributed by atoms with E-state index in [-0.39, 0.29) is 5.56 Å². The van der Waals surface area contributed by atoms with Crippen molar-refractivity contribution in [2.24, 2.45) is 0 Å². The molecule has 0 unspecified atom stereocenters. The van der Waals surface area contributed by atoms with E-state index in [0.29, 0.717) is 10.7 Å². The van der Waals surface area contributed by atoms with Gasteiger partial charge < -0.3 is 4.98 Å². The van der Waals surface area contributed by atoms with E-state index >= 15 is 0 Å². The van der Waals surface area contributed by atoms with Crippen LogP contribution in [0, 0.1) is 4.77 Å². The highest BCUT2D eigenvalue weighted by molar-refractivity contribution is 7.71. The van der Waals surface area contributed by atoms with Gasteiger partial charge in [0.1, 0.15) is 4.83 Å². The molecular formula is C9H10N2OS2. The van der Waals surface area contributed by atoms with Crippen molar-refractivity contribution in [1.82, 2.24) is 9.97 Å². The zero-order valence-electron chi connectivity index (χ0n) is 7.88. The van der Waals surface area contributed by atoms with Crippen LogP contribution in [-0.4, -0.2) is 9.97 Å². The van der Waals surface area contributed by atoms with Crippen LogP contribution in [0.1, 0.15) is 25.3 Å². The molecule has 3 nitrogen and oxygen atoms in total. The maximum absolute atomic E-state index is 11.7. The lowest BCUT2D eigenvalue weighted by Crippen LogP contribution is -2.08. The maximum Gasteiger partial charge on any atom is 0.260 e. The topological polar surface area (TPSA) is 48.6 Å². The summed E-state index contributed by atoms with van der Waals surface area (Å²) in [6.45, 7) is 4.14. The van der Waals surface area contributed by atoms with Crippen LogP contribution in [-0.2, 0) is 0 Å². The van der Waals surface area contributed by atoms with Gasteiger partial charge >= 0.3 is 0 Å². The molecule has 0 radical (unpaired) electrons. The van der Waals surface area contributed by atoms with Gasteiger partial charge in [-0.15, -0.1) is 11.3 Å². The Balaban J connectivity index is 2.93. The lowest BCUT2D eigenvalue weighted by molar-refractivity contribution is 0.878. The van der Waals surface area contributed by atoms with E-state index in [1.807, 2.05) is 5.38 Å². The number of hydrogen-bond donors (Lipinski definition) is 2. The molecule has 0 aromatic carbocycles. The molecule has 2 rings (SSSR count). The highest BCUT2D eigenvalue weighted by Gasteiger charge is 2.10. The van der Waals surface area contributed by atoms with Crippen LogP contribution in [0.25, 0.3) is 10.2 Å². The summed E-state index contributed by atoms with van der Waals surface area (Å²) in [5.41, 5.74) is 0.992. The minimum absolute atomic E-state index is 0.0892. The number of thiophene rings is 1. The van der Waals surface area contributed by atoms with E-state index in [4.69, 9.17) is 12.2 Å². The summed E-state index contributed by atoms with van der Waals surface area (Å²) < 4.78 is 0.389. The van der Waals surface area contributed by atoms with Crippen molar-refractivity contribution in [2.75, 3.05) is 0 Å². The number of hydrogen-bond acceptors (Lipinski definition) is 3. The van der Waals surface area contributed by atoms with Crippen LogP contribution in [0.3, 0.4) is 0 Å². The Hall–Kier alpha value is -0.940. The van der Waals surface area contributed by atoms with E-state index in [1.165, 1.54) is 11.3 Å². The van der Waals surface area contributed by atoms with E-state index in [9.17, 15) is 4.79 Å². The number of aromatic nitrogens is 2. The molecular weight excluding hydrogens is 216 g/mol. The number of H-pyrrole nitrogens is 2. The van der Waals surface area contributed by atoms with Gasteiger partial charge in [0.05, 0.1) is 5.39 Å². The van der Waals surface area contributed by atoms with Crippen LogP contribution in [0.2, 0.25) is 0 Å². The molecule has 0 aliphatic rings. The fraction of sp³-hybridized carbons (Fsp3) is 0.333. The molecule has 2 N–H and O–H groups in total. The third-order valence-electron chi connectivity index (χ3n) is 2.12. The summed E-state index contributed by atoms with van der Waals surface area (Å²) in [7, 11) is 0. The zero-order valence-corrected chi connectivity index (χ0v) is 9.51. The second-order valence-corrected chi connectivity index (χ2v) is 4.75. The van der Waals surface area contributed by atoms with Gasteiger partial charge in [-0.25, -0.2) is 0 Å². The van der Waals surface area contributed by atoms with Crippen LogP contribution >= 0.6 is 23.6 Å². The molecule has 5 heteroatoms. The normalized spacial score (nSPS) is 11.4. The fourth-order valence-electron chi connectivity index (χ4n) is 1.42. The third kappa shape index (κ3) is 1.42. The summed E-state index contributed by atoms with van der Waals surface area (Å²) in [5, 5.41) is 2.76. The highest BCUT2D eigenvalue weighted by atomic mass is 32.1. The second kappa shape index (κ2) is 3.33. The third-order valence-corrected chi connectivity index (χ3v) is 3.24. The monoisotopic (exact) mass is 226 g/mol. The van der Waals surface area contributed by atoms with Gasteiger partial charge in [-0.05, 0) is 29.1 Å². The van der Waals surface area contributed by atoms with Gasteiger partial charge in [0.2, 0.25) is 0 Å². The first-order chi connectivity index (χ1) is 6.59. The molecule has 0 aliphatic heterocycles. The van der Waals surface area contributed by atoms with Crippen molar-refractivity contribution in [2.45, 2.75) is 19.8 Å². The van der Waals surface area contributed by atoms with Crippen LogP contribution < -0.4 is 5.56 Å². The Morgan fingerprint density at radius 2 is 2.14 bits per heavy atom. The Labute approximate surface area is 89.8 Å². The number of nitrogens with one attached hydrogen (secondary N) is 2. The molecule has 0 saturated heterocycles. The Kier molecular flexibility index (Phi) is 2.28. The highest BCUT2D eigenvalue weighted by Crippen LogP contribution is 2.26. The van der Waals surface area contributed by atoms with Gasteiger partial charge in [0.15, 0.2) is 4.77 Å². The van der Waals surface area contributed by atoms with Gasteiger partial charge in [0.25, 0.3) is 5.56 Å². The second-order valence-electron chi connectivity index (χ2n) is 3.46. The summed E-state index contributed by atoms with van der Waals surface area (Å²) in [6, 6.07) is 0. The summed E-state index contributed by atoms with van der Waals surface area (Å²) in [4.78, 5) is 18.1. The first-order valence-corrected chi connectivity index (χ1v) is 5.62. The van der Waals surface area contributed by atoms with Crippen molar-refractivity contribution < 1.29 is 0 Å². The molecule has 14 heavy (non-hydrogen) atoms. The first-order valence-electron chi connectivity index (χ1n) is 4.33. The molecule has 2 heterocycles. The predicted octanol–water partition coefficient (Wildman–Crippen LogP) is 2.77. The van der Waals surface area contributed by atoms with Crippen molar-refractivity contribution in [3.05, 3.63) is 26.1 Å².